The molecule has 0 aliphatic carbocycles. The molecule has 0 fully saturated rings. The lowest BCUT2D eigenvalue weighted by Gasteiger charge is -2.39. The normalized spacial score (nSPS) is 18.2. The highest BCUT2D eigenvalue weighted by molar-refractivity contribution is 6.16. The van der Waals surface area contributed by atoms with E-state index in [2.05, 4.69) is 29.2 Å². The third-order valence-corrected chi connectivity index (χ3v) is 5.69. The van der Waals surface area contributed by atoms with Gasteiger partial charge < -0.3 is 10.6 Å². The molecule has 4 nitrogen and oxygen atoms in total. The zero-order valence-electron chi connectivity index (χ0n) is 16.7. The van der Waals surface area contributed by atoms with Crippen LogP contribution >= 0.6 is 0 Å². The number of hydrogen-bond acceptors (Lipinski definition) is 4. The number of likely N-dealkylation sites (N-methyl/N-ethyl adjacent to an activating group) is 1. The predicted molar refractivity (Wildman–Crippen MR) is 119 cm³/mol. The Labute approximate surface area is 171 Å². The van der Waals surface area contributed by atoms with Gasteiger partial charge in [-0.15, -0.1) is 0 Å². The minimum absolute atomic E-state index is 0.0780. The summed E-state index contributed by atoms with van der Waals surface area (Å²) in [4.78, 5) is 20.3. The topological polar surface area (TPSA) is 58.7 Å². The van der Waals surface area contributed by atoms with E-state index in [9.17, 15) is 4.79 Å². The van der Waals surface area contributed by atoms with E-state index in [4.69, 9.17) is 10.7 Å². The fourth-order valence-electron chi connectivity index (χ4n) is 4.02. The zero-order valence-corrected chi connectivity index (χ0v) is 16.7. The number of rotatable bonds is 4. The Hall–Kier alpha value is -3.24. The van der Waals surface area contributed by atoms with E-state index in [-0.39, 0.29) is 11.8 Å². The first-order valence-electron chi connectivity index (χ1n) is 9.81. The van der Waals surface area contributed by atoms with Gasteiger partial charge in [-0.3, -0.25) is 9.79 Å². The number of benzene rings is 3. The van der Waals surface area contributed by atoms with E-state index < -0.39 is 5.54 Å². The fourth-order valence-corrected chi connectivity index (χ4v) is 4.02. The number of nitrogens with zero attached hydrogens (tertiary/aromatic N) is 2. The average Bonchev–Trinajstić information content (AvgIpc) is 2.91. The van der Waals surface area contributed by atoms with Crippen molar-refractivity contribution in [1.29, 1.82) is 0 Å². The van der Waals surface area contributed by atoms with Crippen molar-refractivity contribution in [3.8, 4) is 0 Å². The van der Waals surface area contributed by atoms with E-state index in [1.165, 1.54) is 0 Å². The Morgan fingerprint density at radius 2 is 1.55 bits per heavy atom. The number of ketones is 1. The molecule has 1 aliphatic heterocycles. The number of para-hydroxylation sites is 1. The molecule has 2 unspecified atom stereocenters. The maximum Gasteiger partial charge on any atom is 0.184 e. The number of hydrogen-bond donors (Lipinski definition) is 1. The monoisotopic (exact) mass is 383 g/mol. The molecule has 4 rings (SSSR count). The third kappa shape index (κ3) is 3.47. The van der Waals surface area contributed by atoms with Crippen LogP contribution in [-0.2, 0) is 0 Å². The van der Waals surface area contributed by atoms with Crippen LogP contribution in [0.1, 0.15) is 28.4 Å². The molecule has 2 atom stereocenters. The molecular weight excluding hydrogens is 358 g/mol. The summed E-state index contributed by atoms with van der Waals surface area (Å²) in [7, 11) is 2.00. The average molecular weight is 383 g/mol. The standard InChI is InChI=1S/C25H25N3O/c1-25(26,24(29)19-13-7-4-8-14-19)22-17-27-23(18-11-5-3-6-12-18)20-15-9-10-16-21(20)28(22)2/h3-16,22H,17,26H2,1-2H3. The Kier molecular flexibility index (Phi) is 5.03. The van der Waals surface area contributed by atoms with E-state index >= 15 is 0 Å². The van der Waals surface area contributed by atoms with Gasteiger partial charge in [0.25, 0.3) is 0 Å². The molecule has 2 N–H and O–H groups in total. The Balaban J connectivity index is 1.79. The van der Waals surface area contributed by atoms with Crippen LogP contribution in [0.15, 0.2) is 89.9 Å². The first-order valence-corrected chi connectivity index (χ1v) is 9.81. The lowest BCUT2D eigenvalue weighted by atomic mass is 9.84. The molecule has 3 aromatic rings. The van der Waals surface area contributed by atoms with Crippen molar-refractivity contribution < 1.29 is 4.79 Å². The van der Waals surface area contributed by atoms with Crippen molar-refractivity contribution in [2.75, 3.05) is 18.5 Å². The Morgan fingerprint density at radius 1 is 0.966 bits per heavy atom. The maximum absolute atomic E-state index is 13.3. The molecule has 0 radical (unpaired) electrons. The molecule has 0 amide bonds. The second kappa shape index (κ2) is 7.64. The minimum Gasteiger partial charge on any atom is -0.367 e. The molecule has 3 aromatic carbocycles. The second-order valence-electron chi connectivity index (χ2n) is 7.68. The van der Waals surface area contributed by atoms with Gasteiger partial charge in [-0.25, -0.2) is 0 Å². The smallest absolute Gasteiger partial charge is 0.184 e. The van der Waals surface area contributed by atoms with Gasteiger partial charge in [0.1, 0.15) is 0 Å². The summed E-state index contributed by atoms with van der Waals surface area (Å²) >= 11 is 0. The maximum atomic E-state index is 13.3. The van der Waals surface area contributed by atoms with Gasteiger partial charge >= 0.3 is 0 Å². The van der Waals surface area contributed by atoms with E-state index in [1.54, 1.807) is 0 Å². The second-order valence-corrected chi connectivity index (χ2v) is 7.68. The van der Waals surface area contributed by atoms with Crippen LogP contribution in [0.25, 0.3) is 0 Å². The predicted octanol–water partition coefficient (Wildman–Crippen LogP) is 3.94. The summed E-state index contributed by atoms with van der Waals surface area (Å²) in [5, 5.41) is 0. The van der Waals surface area contributed by atoms with Crippen molar-refractivity contribution in [1.82, 2.24) is 0 Å². The van der Waals surface area contributed by atoms with Gasteiger partial charge in [-0.1, -0.05) is 78.9 Å². The first-order chi connectivity index (χ1) is 14.0. The molecule has 146 valence electrons. The molecule has 4 heteroatoms. The number of carbonyl (C=O) groups is 1. The van der Waals surface area contributed by atoms with Crippen LogP contribution in [0.4, 0.5) is 5.69 Å². The number of benzodiazepines with no additional fused rings is 1. The molecule has 29 heavy (non-hydrogen) atoms. The summed E-state index contributed by atoms with van der Waals surface area (Å²) in [5.41, 5.74) is 10.3. The van der Waals surface area contributed by atoms with Crippen LogP contribution in [0, 0.1) is 0 Å². The number of aliphatic imine (C=N–C) groups is 1. The SMILES string of the molecule is CN1c2ccccc2C(c2ccccc2)=NCC1C(C)(N)C(=O)c1ccccc1. The van der Waals surface area contributed by atoms with Gasteiger partial charge in [0.2, 0.25) is 0 Å². The fraction of sp³-hybridized carbons (Fsp3) is 0.200. The van der Waals surface area contributed by atoms with Gasteiger partial charge in [-0.2, -0.15) is 0 Å². The number of nitrogens with two attached hydrogens (primary N) is 1. The Bertz CT molecular complexity index is 1040. The molecule has 0 saturated carbocycles. The summed E-state index contributed by atoms with van der Waals surface area (Å²) in [6, 6.07) is 27.3. The van der Waals surface area contributed by atoms with Gasteiger partial charge in [-0.05, 0) is 13.0 Å². The van der Waals surface area contributed by atoms with E-state index in [0.29, 0.717) is 12.1 Å². The Morgan fingerprint density at radius 3 is 2.24 bits per heavy atom. The quantitative estimate of drug-likeness (QED) is 0.694. The highest BCUT2D eigenvalue weighted by Gasteiger charge is 2.42. The first kappa shape index (κ1) is 19.1. The number of carbonyl (C=O) groups excluding carboxylic acids is 1. The lowest BCUT2D eigenvalue weighted by molar-refractivity contribution is 0.0879. The summed E-state index contributed by atoms with van der Waals surface area (Å²) < 4.78 is 0. The van der Waals surface area contributed by atoms with Crippen LogP contribution < -0.4 is 10.6 Å². The highest BCUT2D eigenvalue weighted by Crippen LogP contribution is 2.31. The van der Waals surface area contributed by atoms with E-state index in [1.807, 2.05) is 74.6 Å². The van der Waals surface area contributed by atoms with Crippen LogP contribution in [0.2, 0.25) is 0 Å². The number of fused-ring (bicyclic) bond motifs is 1. The molecule has 0 saturated heterocycles. The molecular formula is C25H25N3O. The third-order valence-electron chi connectivity index (χ3n) is 5.69. The molecule has 0 aromatic heterocycles. The molecule has 0 bridgehead atoms. The van der Waals surface area contributed by atoms with Gasteiger partial charge in [0, 0.05) is 29.4 Å². The van der Waals surface area contributed by atoms with Crippen molar-refractivity contribution in [2.45, 2.75) is 18.5 Å². The van der Waals surface area contributed by atoms with Crippen molar-refractivity contribution >= 4 is 17.2 Å². The van der Waals surface area contributed by atoms with Crippen LogP contribution in [0.5, 0.6) is 0 Å². The molecule has 0 spiro atoms. The summed E-state index contributed by atoms with van der Waals surface area (Å²) in [6.45, 7) is 2.25. The van der Waals surface area contributed by atoms with Crippen molar-refractivity contribution in [2.24, 2.45) is 10.7 Å². The van der Waals surface area contributed by atoms with Crippen molar-refractivity contribution in [3.05, 3.63) is 102 Å². The zero-order chi connectivity index (χ0) is 20.4. The number of Topliss-reactive ketones (excluding diaryl/α,β-unsaturated/α-hetero) is 1. The summed E-state index contributed by atoms with van der Waals surface area (Å²) in [6.07, 6.45) is 0. The van der Waals surface area contributed by atoms with Gasteiger partial charge in [0.15, 0.2) is 5.78 Å². The summed E-state index contributed by atoms with van der Waals surface area (Å²) in [5.74, 6) is -0.0780. The van der Waals surface area contributed by atoms with Crippen LogP contribution in [-0.4, -0.2) is 36.7 Å². The van der Waals surface area contributed by atoms with Gasteiger partial charge in [0.05, 0.1) is 23.8 Å². The molecule has 1 aliphatic rings. The number of anilines is 1. The largest absolute Gasteiger partial charge is 0.367 e. The van der Waals surface area contributed by atoms with Crippen LogP contribution in [0.3, 0.4) is 0 Å². The molecule has 1 heterocycles. The van der Waals surface area contributed by atoms with E-state index in [0.717, 1.165) is 22.5 Å². The highest BCUT2D eigenvalue weighted by atomic mass is 16.1. The lowest BCUT2D eigenvalue weighted by Crippen LogP contribution is -2.62. The van der Waals surface area contributed by atoms with Crippen molar-refractivity contribution in [3.63, 3.8) is 0 Å². The minimum atomic E-state index is -1.10.